The van der Waals surface area contributed by atoms with Gasteiger partial charge in [0.25, 0.3) is 0 Å². The second-order valence-electron chi connectivity index (χ2n) is 7.87. The van der Waals surface area contributed by atoms with Crippen LogP contribution >= 0.6 is 45.6 Å². The summed E-state index contributed by atoms with van der Waals surface area (Å²) in [5.74, 6) is 1.00. The number of thiazole rings is 2. The van der Waals surface area contributed by atoms with E-state index in [-0.39, 0.29) is 0 Å². The van der Waals surface area contributed by atoms with E-state index in [4.69, 9.17) is 22.3 Å². The van der Waals surface area contributed by atoms with Crippen LogP contribution < -0.4 is 11.1 Å². The lowest BCUT2D eigenvalue weighted by Gasteiger charge is -2.07. The molecule has 5 aromatic rings. The Labute approximate surface area is 203 Å². The van der Waals surface area contributed by atoms with Crippen LogP contribution in [-0.2, 0) is 0 Å². The van der Waals surface area contributed by atoms with Gasteiger partial charge in [0.2, 0.25) is 0 Å². The smallest absolute Gasteiger partial charge is 0.189 e. The van der Waals surface area contributed by atoms with E-state index in [9.17, 15) is 0 Å². The minimum Gasteiger partial charge on any atom is -0.382 e. The summed E-state index contributed by atoms with van der Waals surface area (Å²) in [6, 6.07) is 14.4. The summed E-state index contributed by atoms with van der Waals surface area (Å²) in [4.78, 5) is 11.5. The van der Waals surface area contributed by atoms with Gasteiger partial charge in [-0.25, -0.2) is 9.97 Å². The van der Waals surface area contributed by atoms with Gasteiger partial charge in [-0.2, -0.15) is 0 Å². The summed E-state index contributed by atoms with van der Waals surface area (Å²) in [5, 5.41) is 9.03. The first-order valence-electron chi connectivity index (χ1n) is 10.2. The number of nitrogen functional groups attached to an aromatic ring is 1. The van der Waals surface area contributed by atoms with Gasteiger partial charge in [-0.1, -0.05) is 48.9 Å². The molecule has 0 saturated carbocycles. The minimum atomic E-state index is 0.497. The SMILES string of the molecule is Cc1c(-c2csc(-c3sc(Nc4ccc(C(C)C)cc4)nc3N)n2)sc2ccc(Cl)cc12. The Morgan fingerprint density at radius 2 is 1.78 bits per heavy atom. The van der Waals surface area contributed by atoms with Gasteiger partial charge in [0, 0.05) is 20.8 Å². The van der Waals surface area contributed by atoms with Crippen LogP contribution in [0.3, 0.4) is 0 Å². The highest BCUT2D eigenvalue weighted by atomic mass is 35.5. The van der Waals surface area contributed by atoms with Crippen molar-refractivity contribution in [2.75, 3.05) is 11.1 Å². The number of halogens is 1. The Morgan fingerprint density at radius 3 is 2.53 bits per heavy atom. The summed E-state index contributed by atoms with van der Waals surface area (Å²) >= 11 is 11.0. The van der Waals surface area contributed by atoms with E-state index < -0.39 is 0 Å². The maximum absolute atomic E-state index is 6.26. The molecule has 0 radical (unpaired) electrons. The summed E-state index contributed by atoms with van der Waals surface area (Å²) in [7, 11) is 0. The molecule has 162 valence electrons. The number of nitrogens with zero attached hydrogens (tertiary/aromatic N) is 2. The van der Waals surface area contributed by atoms with Crippen molar-refractivity contribution in [1.29, 1.82) is 0 Å². The van der Waals surface area contributed by atoms with Gasteiger partial charge in [-0.3, -0.25) is 0 Å². The highest BCUT2D eigenvalue weighted by Gasteiger charge is 2.18. The summed E-state index contributed by atoms with van der Waals surface area (Å²) in [6.45, 7) is 6.50. The average Bonchev–Trinajstić information content (AvgIpc) is 3.46. The zero-order chi connectivity index (χ0) is 22.4. The molecule has 0 aliphatic carbocycles. The molecule has 0 unspecified atom stereocenters. The zero-order valence-corrected chi connectivity index (χ0v) is 21.0. The fraction of sp³-hybridized carbons (Fsp3) is 0.167. The average molecular weight is 497 g/mol. The lowest BCUT2D eigenvalue weighted by atomic mass is 10.0. The zero-order valence-electron chi connectivity index (χ0n) is 17.8. The topological polar surface area (TPSA) is 63.8 Å². The van der Waals surface area contributed by atoms with E-state index in [1.165, 1.54) is 32.5 Å². The van der Waals surface area contributed by atoms with E-state index in [1.54, 1.807) is 22.7 Å². The van der Waals surface area contributed by atoms with Gasteiger partial charge in [0.1, 0.15) is 15.7 Å². The van der Waals surface area contributed by atoms with Crippen molar-refractivity contribution in [1.82, 2.24) is 9.97 Å². The Bertz CT molecular complexity index is 1410. The number of nitrogens with two attached hydrogens (primary N) is 1. The highest BCUT2D eigenvalue weighted by molar-refractivity contribution is 7.24. The lowest BCUT2D eigenvalue weighted by Crippen LogP contribution is -1.92. The number of rotatable bonds is 5. The Kier molecular flexibility index (Phi) is 5.67. The van der Waals surface area contributed by atoms with Gasteiger partial charge >= 0.3 is 0 Å². The van der Waals surface area contributed by atoms with Crippen molar-refractivity contribution in [2.24, 2.45) is 0 Å². The third kappa shape index (κ3) is 4.01. The first-order valence-corrected chi connectivity index (χ1v) is 13.1. The number of thiophene rings is 1. The first-order chi connectivity index (χ1) is 15.4. The summed E-state index contributed by atoms with van der Waals surface area (Å²) in [5.41, 5.74) is 10.7. The second-order valence-corrected chi connectivity index (χ2v) is 11.2. The lowest BCUT2D eigenvalue weighted by molar-refractivity contribution is 0.867. The van der Waals surface area contributed by atoms with E-state index in [1.807, 2.05) is 12.1 Å². The number of nitrogens with one attached hydrogen (secondary N) is 1. The Hall–Kier alpha value is -2.45. The molecule has 0 aliphatic heterocycles. The molecule has 2 aromatic carbocycles. The number of hydrogen-bond donors (Lipinski definition) is 2. The van der Waals surface area contributed by atoms with Crippen molar-refractivity contribution in [2.45, 2.75) is 26.7 Å². The fourth-order valence-electron chi connectivity index (χ4n) is 3.53. The van der Waals surface area contributed by atoms with Crippen LogP contribution in [0.5, 0.6) is 0 Å². The highest BCUT2D eigenvalue weighted by Crippen LogP contribution is 2.43. The molecule has 3 N–H and O–H groups in total. The molecule has 4 nitrogen and oxygen atoms in total. The monoisotopic (exact) mass is 496 g/mol. The quantitative estimate of drug-likeness (QED) is 0.256. The van der Waals surface area contributed by atoms with E-state index in [2.05, 4.69) is 66.8 Å². The van der Waals surface area contributed by atoms with Crippen LogP contribution in [0.2, 0.25) is 5.02 Å². The molecule has 5 rings (SSSR count). The molecule has 0 bridgehead atoms. The molecule has 3 heterocycles. The summed E-state index contributed by atoms with van der Waals surface area (Å²) in [6.07, 6.45) is 0. The van der Waals surface area contributed by atoms with Gasteiger partial charge in [-0.15, -0.1) is 22.7 Å². The number of hydrogen-bond acceptors (Lipinski definition) is 7. The van der Waals surface area contributed by atoms with Crippen molar-refractivity contribution in [3.63, 3.8) is 0 Å². The maximum atomic E-state index is 6.26. The molecule has 0 saturated heterocycles. The van der Waals surface area contributed by atoms with Gasteiger partial charge < -0.3 is 11.1 Å². The predicted octanol–water partition coefficient (Wildman–Crippen LogP) is 8.56. The van der Waals surface area contributed by atoms with Crippen LogP contribution in [0.15, 0.2) is 47.8 Å². The minimum absolute atomic E-state index is 0.497. The molecule has 0 spiro atoms. The third-order valence-electron chi connectivity index (χ3n) is 5.31. The van der Waals surface area contributed by atoms with Crippen LogP contribution in [-0.4, -0.2) is 9.97 Å². The number of aryl methyl sites for hydroxylation is 1. The standard InChI is InChI=1S/C24H21ClN4S3/c1-12(2)14-4-7-16(8-5-14)27-24-29-22(26)21(32-24)23-28-18(11-30-23)20-13(3)17-10-15(25)6-9-19(17)31-20/h4-12H,26H2,1-3H3,(H,27,29). The normalized spacial score (nSPS) is 11.5. The molecular weight excluding hydrogens is 476 g/mol. The molecular formula is C24H21ClN4S3. The van der Waals surface area contributed by atoms with Gasteiger partial charge in [0.05, 0.1) is 10.6 Å². The second kappa shape index (κ2) is 8.48. The van der Waals surface area contributed by atoms with Crippen molar-refractivity contribution in [3.8, 4) is 20.5 Å². The molecule has 3 aromatic heterocycles. The Morgan fingerprint density at radius 1 is 1.00 bits per heavy atom. The molecule has 8 heteroatoms. The molecule has 0 fully saturated rings. The Balaban J connectivity index is 1.42. The van der Waals surface area contributed by atoms with E-state index in [0.717, 1.165) is 36.3 Å². The maximum Gasteiger partial charge on any atom is 0.189 e. The van der Waals surface area contributed by atoms with Gasteiger partial charge in [0.15, 0.2) is 5.13 Å². The van der Waals surface area contributed by atoms with Gasteiger partial charge in [-0.05, 0) is 59.7 Å². The predicted molar refractivity (Wildman–Crippen MR) is 142 cm³/mol. The van der Waals surface area contributed by atoms with Crippen molar-refractivity contribution < 1.29 is 0 Å². The third-order valence-corrected chi connectivity index (χ3v) is 8.82. The van der Waals surface area contributed by atoms with Crippen LogP contribution in [0.4, 0.5) is 16.6 Å². The number of aromatic nitrogens is 2. The van der Waals surface area contributed by atoms with Crippen molar-refractivity contribution >= 4 is 72.3 Å². The number of benzene rings is 2. The van der Waals surface area contributed by atoms with E-state index in [0.29, 0.717) is 11.7 Å². The number of fused-ring (bicyclic) bond motifs is 1. The fourth-order valence-corrected chi connectivity index (χ4v) is 6.75. The first kappa shape index (κ1) is 21.4. The van der Waals surface area contributed by atoms with Crippen LogP contribution in [0.25, 0.3) is 30.5 Å². The largest absolute Gasteiger partial charge is 0.382 e. The molecule has 0 amide bonds. The molecule has 0 aliphatic rings. The van der Waals surface area contributed by atoms with Crippen molar-refractivity contribution in [3.05, 3.63) is 64.0 Å². The number of anilines is 3. The van der Waals surface area contributed by atoms with Crippen LogP contribution in [0, 0.1) is 6.92 Å². The van der Waals surface area contributed by atoms with E-state index >= 15 is 0 Å². The molecule has 0 atom stereocenters. The molecule has 32 heavy (non-hydrogen) atoms. The van der Waals surface area contributed by atoms with Crippen LogP contribution in [0.1, 0.15) is 30.9 Å². The summed E-state index contributed by atoms with van der Waals surface area (Å²) < 4.78 is 1.21.